The van der Waals surface area contributed by atoms with Crippen LogP contribution in [0.5, 0.6) is 5.75 Å². The topological polar surface area (TPSA) is 92.6 Å². The number of amides is 2. The summed E-state index contributed by atoms with van der Waals surface area (Å²) >= 11 is 0. The molecule has 3 N–H and O–H groups in total. The van der Waals surface area contributed by atoms with Crippen molar-refractivity contribution in [2.24, 2.45) is 0 Å². The van der Waals surface area contributed by atoms with Gasteiger partial charge in [0.05, 0.1) is 6.26 Å². The maximum absolute atomic E-state index is 12.0. The minimum absolute atomic E-state index is 0.0634. The maximum Gasteiger partial charge on any atom is 0.291 e. The fourth-order valence-corrected chi connectivity index (χ4v) is 2.66. The van der Waals surface area contributed by atoms with Crippen molar-refractivity contribution >= 4 is 17.5 Å². The summed E-state index contributed by atoms with van der Waals surface area (Å²) in [6.45, 7) is 1.73. The summed E-state index contributed by atoms with van der Waals surface area (Å²) < 4.78 is 10.6. The molecule has 0 unspecified atom stereocenters. The number of benzene rings is 1. The number of carbonyl (C=O) groups excluding carboxylic acids is 2. The van der Waals surface area contributed by atoms with Crippen LogP contribution >= 0.6 is 0 Å². The lowest BCUT2D eigenvalue weighted by atomic mass is 10.1. The zero-order valence-electron chi connectivity index (χ0n) is 13.8. The average Bonchev–Trinajstić information content (AvgIpc) is 3.16. The molecule has 0 bridgehead atoms. The van der Waals surface area contributed by atoms with Crippen LogP contribution in [0.15, 0.2) is 47.1 Å². The summed E-state index contributed by atoms with van der Waals surface area (Å²) in [5.74, 6) is 0.240. The molecular weight excluding hydrogens is 322 g/mol. The molecule has 1 aromatic heterocycles. The molecule has 0 saturated carbocycles. The Morgan fingerprint density at radius 3 is 2.96 bits per heavy atom. The number of hydrogen-bond donors (Lipinski definition) is 3. The monoisotopic (exact) mass is 343 g/mol. The lowest BCUT2D eigenvalue weighted by Gasteiger charge is -2.23. The molecule has 25 heavy (non-hydrogen) atoms. The molecule has 132 valence electrons. The Morgan fingerprint density at radius 1 is 1.28 bits per heavy atom. The molecule has 1 aliphatic heterocycles. The van der Waals surface area contributed by atoms with Crippen LogP contribution in [-0.4, -0.2) is 37.6 Å². The number of carbonyl (C=O) groups is 2. The predicted molar refractivity (Wildman–Crippen MR) is 92.6 cm³/mol. The molecule has 1 saturated heterocycles. The molecular formula is C18H21N3O4. The second-order valence-corrected chi connectivity index (χ2v) is 5.86. The van der Waals surface area contributed by atoms with E-state index in [9.17, 15) is 9.59 Å². The Morgan fingerprint density at radius 2 is 2.20 bits per heavy atom. The highest BCUT2D eigenvalue weighted by Gasteiger charge is 2.15. The van der Waals surface area contributed by atoms with Crippen molar-refractivity contribution in [3.8, 4) is 5.75 Å². The van der Waals surface area contributed by atoms with Gasteiger partial charge in [-0.1, -0.05) is 6.07 Å². The third kappa shape index (κ3) is 5.09. The summed E-state index contributed by atoms with van der Waals surface area (Å²) in [6.07, 6.45) is 3.48. The van der Waals surface area contributed by atoms with Gasteiger partial charge in [-0.05, 0) is 43.7 Å². The molecule has 0 spiro atoms. The largest absolute Gasteiger partial charge is 0.484 e. The molecule has 7 heteroatoms. The number of nitrogens with one attached hydrogen (secondary N) is 3. The summed E-state index contributed by atoms with van der Waals surface area (Å²) in [5.41, 5.74) is 0.566. The van der Waals surface area contributed by atoms with Gasteiger partial charge in [0.15, 0.2) is 12.4 Å². The first-order valence-corrected chi connectivity index (χ1v) is 8.28. The predicted octanol–water partition coefficient (Wildman–Crippen LogP) is 1.78. The summed E-state index contributed by atoms with van der Waals surface area (Å²) in [7, 11) is 0. The molecule has 7 nitrogen and oxygen atoms in total. The average molecular weight is 343 g/mol. The van der Waals surface area contributed by atoms with Gasteiger partial charge < -0.3 is 25.1 Å². The summed E-state index contributed by atoms with van der Waals surface area (Å²) in [5, 5.41) is 8.91. The fourth-order valence-electron chi connectivity index (χ4n) is 2.66. The second-order valence-electron chi connectivity index (χ2n) is 5.86. The van der Waals surface area contributed by atoms with Gasteiger partial charge in [-0.2, -0.15) is 0 Å². The van der Waals surface area contributed by atoms with Gasteiger partial charge in [0.25, 0.3) is 11.8 Å². The van der Waals surface area contributed by atoms with E-state index in [1.165, 1.54) is 6.26 Å². The molecule has 3 rings (SSSR count). The van der Waals surface area contributed by atoms with Gasteiger partial charge in [-0.15, -0.1) is 0 Å². The standard InChI is InChI=1S/C18H21N3O4/c22-17(20-14-5-2-8-19-11-14)12-25-15-6-1-4-13(10-15)21-18(23)16-7-3-9-24-16/h1,3-4,6-7,9-10,14,19H,2,5,8,11-12H2,(H,20,22)(H,21,23)/t14-/m0/s1. The highest BCUT2D eigenvalue weighted by molar-refractivity contribution is 6.02. The van der Waals surface area contributed by atoms with E-state index in [0.29, 0.717) is 11.4 Å². The SMILES string of the molecule is O=C(COc1cccc(NC(=O)c2ccco2)c1)N[C@H]1CCCNC1. The van der Waals surface area contributed by atoms with Crippen molar-refractivity contribution in [2.75, 3.05) is 25.0 Å². The molecule has 1 aliphatic rings. The van der Waals surface area contributed by atoms with Crippen molar-refractivity contribution in [1.82, 2.24) is 10.6 Å². The van der Waals surface area contributed by atoms with Crippen molar-refractivity contribution in [2.45, 2.75) is 18.9 Å². The number of ether oxygens (including phenoxy) is 1. The molecule has 0 aliphatic carbocycles. The van der Waals surface area contributed by atoms with Gasteiger partial charge in [0.2, 0.25) is 0 Å². The Balaban J connectivity index is 1.49. The quantitative estimate of drug-likeness (QED) is 0.743. The normalized spacial score (nSPS) is 16.9. The zero-order chi connectivity index (χ0) is 17.5. The lowest BCUT2D eigenvalue weighted by molar-refractivity contribution is -0.123. The smallest absolute Gasteiger partial charge is 0.291 e. The van der Waals surface area contributed by atoms with Crippen LogP contribution in [0.2, 0.25) is 0 Å². The molecule has 2 amide bonds. The molecule has 1 fully saturated rings. The minimum atomic E-state index is -0.343. The number of piperidine rings is 1. The lowest BCUT2D eigenvalue weighted by Crippen LogP contribution is -2.46. The fraction of sp³-hybridized carbons (Fsp3) is 0.333. The highest BCUT2D eigenvalue weighted by Crippen LogP contribution is 2.18. The van der Waals surface area contributed by atoms with Crippen molar-refractivity contribution < 1.29 is 18.7 Å². The number of rotatable bonds is 6. The first kappa shape index (κ1) is 17.0. The van der Waals surface area contributed by atoms with E-state index in [4.69, 9.17) is 9.15 Å². The van der Waals surface area contributed by atoms with Crippen LogP contribution in [0, 0.1) is 0 Å². The van der Waals surface area contributed by atoms with Gasteiger partial charge in [-0.3, -0.25) is 9.59 Å². The second kappa shape index (κ2) is 8.34. The van der Waals surface area contributed by atoms with E-state index < -0.39 is 0 Å². The van der Waals surface area contributed by atoms with Gasteiger partial charge in [-0.25, -0.2) is 0 Å². The number of hydrogen-bond acceptors (Lipinski definition) is 5. The number of furan rings is 1. The molecule has 1 aromatic carbocycles. The Kier molecular flexibility index (Phi) is 5.69. The van der Waals surface area contributed by atoms with E-state index in [1.54, 1.807) is 36.4 Å². The Bertz CT molecular complexity index is 709. The van der Waals surface area contributed by atoms with E-state index in [-0.39, 0.29) is 30.2 Å². The van der Waals surface area contributed by atoms with E-state index in [1.807, 2.05) is 0 Å². The first-order valence-electron chi connectivity index (χ1n) is 8.28. The molecule has 2 heterocycles. The van der Waals surface area contributed by atoms with Crippen LogP contribution in [-0.2, 0) is 4.79 Å². The third-order valence-corrected chi connectivity index (χ3v) is 3.87. The Labute approximate surface area is 145 Å². The molecule has 0 radical (unpaired) electrons. The summed E-state index contributed by atoms with van der Waals surface area (Å²) in [4.78, 5) is 23.9. The molecule has 1 atom stereocenters. The minimum Gasteiger partial charge on any atom is -0.484 e. The van der Waals surface area contributed by atoms with Crippen LogP contribution < -0.4 is 20.7 Å². The molecule has 2 aromatic rings. The summed E-state index contributed by atoms with van der Waals surface area (Å²) in [6, 6.07) is 10.3. The van der Waals surface area contributed by atoms with E-state index >= 15 is 0 Å². The zero-order valence-corrected chi connectivity index (χ0v) is 13.8. The number of anilines is 1. The van der Waals surface area contributed by atoms with E-state index in [0.717, 1.165) is 25.9 Å². The van der Waals surface area contributed by atoms with Crippen molar-refractivity contribution in [1.29, 1.82) is 0 Å². The van der Waals surface area contributed by atoms with Crippen molar-refractivity contribution in [3.05, 3.63) is 48.4 Å². The van der Waals surface area contributed by atoms with Gasteiger partial charge in [0, 0.05) is 24.3 Å². The van der Waals surface area contributed by atoms with Gasteiger partial charge >= 0.3 is 0 Å². The third-order valence-electron chi connectivity index (χ3n) is 3.87. The van der Waals surface area contributed by atoms with E-state index in [2.05, 4.69) is 16.0 Å². The van der Waals surface area contributed by atoms with Gasteiger partial charge in [0.1, 0.15) is 5.75 Å². The van der Waals surface area contributed by atoms with Crippen molar-refractivity contribution in [3.63, 3.8) is 0 Å². The van der Waals surface area contributed by atoms with Crippen LogP contribution in [0.25, 0.3) is 0 Å². The maximum atomic E-state index is 12.0. The Hall–Kier alpha value is -2.80. The van der Waals surface area contributed by atoms with Crippen LogP contribution in [0.4, 0.5) is 5.69 Å². The van der Waals surface area contributed by atoms with Crippen LogP contribution in [0.1, 0.15) is 23.4 Å². The first-order chi connectivity index (χ1) is 12.2. The van der Waals surface area contributed by atoms with Crippen LogP contribution in [0.3, 0.4) is 0 Å². The highest BCUT2D eigenvalue weighted by atomic mass is 16.5.